The highest BCUT2D eigenvalue weighted by atomic mass is 19.1. The minimum absolute atomic E-state index is 0.0702. The second kappa shape index (κ2) is 7.37. The fourth-order valence-corrected chi connectivity index (χ4v) is 2.87. The van der Waals surface area contributed by atoms with Gasteiger partial charge in [-0.1, -0.05) is 30.3 Å². The van der Waals surface area contributed by atoms with Gasteiger partial charge in [0.1, 0.15) is 17.5 Å². The summed E-state index contributed by atoms with van der Waals surface area (Å²) in [5.41, 5.74) is 1.97. The fraction of sp³-hybridized carbons (Fsp3) is 0.0952. The zero-order valence-electron chi connectivity index (χ0n) is 14.7. The van der Waals surface area contributed by atoms with Crippen LogP contribution in [0.3, 0.4) is 0 Å². The molecule has 0 aliphatic carbocycles. The third-order valence-corrected chi connectivity index (χ3v) is 4.28. The van der Waals surface area contributed by atoms with Gasteiger partial charge in [-0.25, -0.2) is 14.4 Å². The Bertz CT molecular complexity index is 1030. The highest BCUT2D eigenvalue weighted by Crippen LogP contribution is 2.22. The number of rotatable bonds is 5. The normalized spacial score (nSPS) is 11.9. The molecule has 0 amide bonds. The molecule has 5 nitrogen and oxygen atoms in total. The molecule has 4 aromatic rings. The monoisotopic (exact) mass is 359 g/mol. The van der Waals surface area contributed by atoms with E-state index in [1.54, 1.807) is 24.5 Å². The Morgan fingerprint density at radius 2 is 1.70 bits per heavy atom. The lowest BCUT2D eigenvalue weighted by atomic mass is 10.1. The van der Waals surface area contributed by atoms with Crippen LogP contribution in [-0.2, 0) is 0 Å². The van der Waals surface area contributed by atoms with E-state index in [1.165, 1.54) is 12.1 Å². The number of hydrogen-bond donors (Lipinski definition) is 1. The van der Waals surface area contributed by atoms with E-state index in [9.17, 15) is 4.39 Å². The number of anilines is 1. The Balaban J connectivity index is 1.62. The van der Waals surface area contributed by atoms with E-state index in [0.717, 1.165) is 11.1 Å². The summed E-state index contributed by atoms with van der Waals surface area (Å²) < 4.78 is 15.1. The summed E-state index contributed by atoms with van der Waals surface area (Å²) in [4.78, 5) is 13.3. The first-order valence-electron chi connectivity index (χ1n) is 8.65. The van der Waals surface area contributed by atoms with Crippen molar-refractivity contribution in [3.05, 3.63) is 90.6 Å². The lowest BCUT2D eigenvalue weighted by Crippen LogP contribution is -2.10. The van der Waals surface area contributed by atoms with Gasteiger partial charge in [0.2, 0.25) is 5.95 Å². The summed E-state index contributed by atoms with van der Waals surface area (Å²) >= 11 is 0. The Hall–Kier alpha value is -3.54. The van der Waals surface area contributed by atoms with E-state index in [1.807, 2.05) is 35.0 Å². The highest BCUT2D eigenvalue weighted by molar-refractivity contribution is 5.58. The molecule has 1 N–H and O–H groups in total. The minimum atomic E-state index is -0.278. The second-order valence-corrected chi connectivity index (χ2v) is 6.14. The molecule has 2 heterocycles. The van der Waals surface area contributed by atoms with Crippen molar-refractivity contribution >= 4 is 5.95 Å². The van der Waals surface area contributed by atoms with E-state index >= 15 is 0 Å². The van der Waals surface area contributed by atoms with E-state index < -0.39 is 0 Å². The average molecular weight is 359 g/mol. The lowest BCUT2D eigenvalue weighted by Gasteiger charge is -2.15. The van der Waals surface area contributed by atoms with Crippen LogP contribution in [-0.4, -0.2) is 19.5 Å². The maximum absolute atomic E-state index is 13.2. The largest absolute Gasteiger partial charge is 0.348 e. The topological polar surface area (TPSA) is 55.6 Å². The van der Waals surface area contributed by atoms with Gasteiger partial charge in [0, 0.05) is 24.2 Å². The van der Waals surface area contributed by atoms with E-state index in [2.05, 4.69) is 39.3 Å². The molecule has 6 heteroatoms. The molecule has 27 heavy (non-hydrogen) atoms. The number of nitrogens with one attached hydrogen (secondary N) is 1. The number of hydrogen-bond acceptors (Lipinski definition) is 4. The molecule has 0 saturated heterocycles. The van der Waals surface area contributed by atoms with Gasteiger partial charge in [0.15, 0.2) is 0 Å². The smallest absolute Gasteiger partial charge is 0.225 e. The summed E-state index contributed by atoms with van der Waals surface area (Å²) in [6.07, 6.45) is 5.22. The number of imidazole rings is 1. The van der Waals surface area contributed by atoms with Gasteiger partial charge in [-0.3, -0.25) is 4.57 Å². The Labute approximate surface area is 156 Å². The van der Waals surface area contributed by atoms with Crippen molar-refractivity contribution in [2.75, 3.05) is 5.32 Å². The van der Waals surface area contributed by atoms with Crippen LogP contribution in [0.15, 0.2) is 79.3 Å². The van der Waals surface area contributed by atoms with Gasteiger partial charge in [-0.15, -0.1) is 0 Å². The van der Waals surface area contributed by atoms with Gasteiger partial charge in [-0.2, -0.15) is 4.98 Å². The van der Waals surface area contributed by atoms with Crippen LogP contribution in [0, 0.1) is 5.82 Å². The Morgan fingerprint density at radius 1 is 0.926 bits per heavy atom. The SMILES string of the molecule is CC(Nc1nccc(-n2ccnc2-c2ccc(F)cc2)n1)c1ccccc1. The van der Waals surface area contributed by atoms with E-state index in [0.29, 0.717) is 17.6 Å². The number of nitrogens with zero attached hydrogens (tertiary/aromatic N) is 4. The predicted octanol–water partition coefficient (Wildman–Crippen LogP) is 4.64. The molecular formula is C21H18FN5. The minimum Gasteiger partial charge on any atom is -0.348 e. The zero-order valence-corrected chi connectivity index (χ0v) is 14.7. The molecule has 0 fully saturated rings. The van der Waals surface area contributed by atoms with Crippen molar-refractivity contribution in [3.63, 3.8) is 0 Å². The van der Waals surface area contributed by atoms with Gasteiger partial charge in [0.05, 0.1) is 6.04 Å². The quantitative estimate of drug-likeness (QED) is 0.564. The highest BCUT2D eigenvalue weighted by Gasteiger charge is 2.11. The van der Waals surface area contributed by atoms with Crippen LogP contribution in [0.2, 0.25) is 0 Å². The van der Waals surface area contributed by atoms with Crippen LogP contribution >= 0.6 is 0 Å². The molecule has 1 atom stereocenters. The molecule has 4 rings (SSSR count). The first kappa shape index (κ1) is 16.9. The van der Waals surface area contributed by atoms with Crippen molar-refractivity contribution in [3.8, 4) is 17.2 Å². The molecule has 0 spiro atoms. The van der Waals surface area contributed by atoms with Gasteiger partial charge >= 0.3 is 0 Å². The molecule has 2 aromatic carbocycles. The molecule has 0 bridgehead atoms. The van der Waals surface area contributed by atoms with Gasteiger partial charge in [0.25, 0.3) is 0 Å². The summed E-state index contributed by atoms with van der Waals surface area (Å²) in [7, 11) is 0. The summed E-state index contributed by atoms with van der Waals surface area (Å²) in [5, 5.41) is 3.32. The molecule has 0 saturated carbocycles. The van der Waals surface area contributed by atoms with E-state index in [4.69, 9.17) is 0 Å². The first-order valence-corrected chi connectivity index (χ1v) is 8.65. The van der Waals surface area contributed by atoms with Crippen LogP contribution in [0.1, 0.15) is 18.5 Å². The lowest BCUT2D eigenvalue weighted by molar-refractivity contribution is 0.628. The van der Waals surface area contributed by atoms with Crippen molar-refractivity contribution in [1.29, 1.82) is 0 Å². The van der Waals surface area contributed by atoms with Crippen LogP contribution < -0.4 is 5.32 Å². The maximum Gasteiger partial charge on any atom is 0.225 e. The van der Waals surface area contributed by atoms with Crippen LogP contribution in [0.5, 0.6) is 0 Å². The van der Waals surface area contributed by atoms with Crippen molar-refractivity contribution in [2.24, 2.45) is 0 Å². The van der Waals surface area contributed by atoms with Gasteiger partial charge in [-0.05, 0) is 42.8 Å². The fourth-order valence-electron chi connectivity index (χ4n) is 2.87. The van der Waals surface area contributed by atoms with Crippen molar-refractivity contribution in [1.82, 2.24) is 19.5 Å². The summed E-state index contributed by atoms with van der Waals surface area (Å²) in [6, 6.07) is 18.2. The molecular weight excluding hydrogens is 341 g/mol. The average Bonchev–Trinajstić information content (AvgIpc) is 3.19. The predicted molar refractivity (Wildman–Crippen MR) is 103 cm³/mol. The second-order valence-electron chi connectivity index (χ2n) is 6.14. The molecule has 0 aliphatic rings. The van der Waals surface area contributed by atoms with Crippen molar-refractivity contribution < 1.29 is 4.39 Å². The summed E-state index contributed by atoms with van der Waals surface area (Å²) in [5.74, 6) is 1.63. The maximum atomic E-state index is 13.2. The first-order chi connectivity index (χ1) is 13.2. The van der Waals surface area contributed by atoms with Crippen LogP contribution in [0.4, 0.5) is 10.3 Å². The Kier molecular flexibility index (Phi) is 4.61. The van der Waals surface area contributed by atoms with Crippen LogP contribution in [0.25, 0.3) is 17.2 Å². The number of benzene rings is 2. The Morgan fingerprint density at radius 3 is 2.48 bits per heavy atom. The third-order valence-electron chi connectivity index (χ3n) is 4.28. The standard InChI is InChI=1S/C21H18FN5/c1-15(16-5-3-2-4-6-16)25-21-24-12-11-19(26-21)27-14-13-23-20(27)17-7-9-18(22)10-8-17/h2-15H,1H3,(H,24,25,26). The van der Waals surface area contributed by atoms with E-state index in [-0.39, 0.29) is 11.9 Å². The van der Waals surface area contributed by atoms with Gasteiger partial charge < -0.3 is 5.32 Å². The third kappa shape index (κ3) is 3.69. The molecule has 0 radical (unpaired) electrons. The number of halogens is 1. The van der Waals surface area contributed by atoms with Crippen molar-refractivity contribution in [2.45, 2.75) is 13.0 Å². The molecule has 134 valence electrons. The molecule has 2 aromatic heterocycles. The summed E-state index contributed by atoms with van der Waals surface area (Å²) in [6.45, 7) is 2.06. The number of aromatic nitrogens is 4. The molecule has 0 aliphatic heterocycles. The molecule has 1 unspecified atom stereocenters. The zero-order chi connectivity index (χ0) is 18.6.